The summed E-state index contributed by atoms with van der Waals surface area (Å²) in [5.41, 5.74) is -1.62. The number of hydrogen-bond acceptors (Lipinski definition) is 2. The van der Waals surface area contributed by atoms with E-state index < -0.39 is 34.4 Å². The molecule has 1 rings (SSSR count). The lowest BCUT2D eigenvalue weighted by Gasteiger charge is -2.14. The maximum absolute atomic E-state index is 12.6. The minimum Gasteiger partial charge on any atom is -0.435 e. The number of ketones is 1. The summed E-state index contributed by atoms with van der Waals surface area (Å²) in [6, 6.07) is 1.23. The predicted molar refractivity (Wildman–Crippen MR) is 55.8 cm³/mol. The van der Waals surface area contributed by atoms with Gasteiger partial charge in [0.05, 0.1) is 5.56 Å². The molecule has 0 amide bonds. The fraction of sp³-hybridized carbons (Fsp3) is 0.300. The second-order valence-corrected chi connectivity index (χ2v) is 4.06. The van der Waals surface area contributed by atoms with Crippen LogP contribution >= 0.6 is 15.9 Å². The summed E-state index contributed by atoms with van der Waals surface area (Å²) in [7, 11) is 0. The quantitative estimate of drug-likeness (QED) is 0.610. The van der Waals surface area contributed by atoms with Crippen LogP contribution in [-0.4, -0.2) is 12.4 Å². The molecule has 18 heavy (non-hydrogen) atoms. The molecule has 100 valence electrons. The number of hydrogen-bond donors (Lipinski definition) is 0. The predicted octanol–water partition coefficient (Wildman–Crippen LogP) is 4.27. The number of alkyl halides is 5. The Kier molecular flexibility index (Phi) is 4.31. The van der Waals surface area contributed by atoms with Gasteiger partial charge in [-0.3, -0.25) is 4.79 Å². The number of benzene rings is 1. The molecule has 0 aliphatic carbocycles. The van der Waals surface area contributed by atoms with Crippen molar-refractivity contribution in [2.75, 3.05) is 0 Å². The van der Waals surface area contributed by atoms with Crippen molar-refractivity contribution in [3.05, 3.63) is 27.7 Å². The van der Waals surface area contributed by atoms with Gasteiger partial charge in [0.1, 0.15) is 5.75 Å². The molecule has 0 saturated carbocycles. The molecule has 0 unspecified atom stereocenters. The molecule has 1 aromatic carbocycles. The molecule has 0 N–H and O–H groups in total. The summed E-state index contributed by atoms with van der Waals surface area (Å²) < 4.78 is 65.2. The van der Waals surface area contributed by atoms with Crippen LogP contribution in [0.1, 0.15) is 22.8 Å². The fourth-order valence-corrected chi connectivity index (χ4v) is 1.96. The highest BCUT2D eigenvalue weighted by Crippen LogP contribution is 2.39. The lowest BCUT2D eigenvalue weighted by Crippen LogP contribution is -2.11. The number of Topliss-reactive ketones (excluding diaryl/α,β-unsaturated/α-hetero) is 1. The Hall–Kier alpha value is -1.18. The van der Waals surface area contributed by atoms with Crippen molar-refractivity contribution in [2.24, 2.45) is 0 Å². The molecule has 1 aromatic rings. The third kappa shape index (κ3) is 3.41. The highest BCUT2D eigenvalue weighted by Gasteiger charge is 2.35. The Morgan fingerprint density at radius 3 is 2.28 bits per heavy atom. The van der Waals surface area contributed by atoms with Crippen molar-refractivity contribution in [3.8, 4) is 5.75 Å². The van der Waals surface area contributed by atoms with Crippen LogP contribution < -0.4 is 4.74 Å². The molecule has 0 radical (unpaired) electrons. The van der Waals surface area contributed by atoms with E-state index in [2.05, 4.69) is 20.7 Å². The van der Waals surface area contributed by atoms with Gasteiger partial charge in [0.15, 0.2) is 5.78 Å². The van der Waals surface area contributed by atoms with E-state index in [-0.39, 0.29) is 5.56 Å². The SMILES string of the molecule is CC(=O)c1cc(OC(F)F)cc(C(F)(F)F)c1Br. The first-order chi connectivity index (χ1) is 8.12. The average Bonchev–Trinajstić information content (AvgIpc) is 2.17. The zero-order chi connectivity index (χ0) is 14.1. The molecule has 0 fully saturated rings. The lowest BCUT2D eigenvalue weighted by molar-refractivity contribution is -0.138. The van der Waals surface area contributed by atoms with E-state index in [1.807, 2.05) is 0 Å². The molecule has 0 saturated heterocycles. The zero-order valence-corrected chi connectivity index (χ0v) is 10.4. The van der Waals surface area contributed by atoms with Crippen LogP contribution in [0.3, 0.4) is 0 Å². The summed E-state index contributed by atoms with van der Waals surface area (Å²) in [5, 5.41) is 0. The number of rotatable bonds is 3. The topological polar surface area (TPSA) is 26.3 Å². The minimum absolute atomic E-state index is 0.375. The standard InChI is InChI=1S/C10H6BrF5O2/c1-4(17)6-2-5(18-9(12)13)3-7(8(6)11)10(14,15)16/h2-3,9H,1H3. The maximum atomic E-state index is 12.6. The van der Waals surface area contributed by atoms with Crippen LogP contribution in [-0.2, 0) is 6.18 Å². The van der Waals surface area contributed by atoms with Crippen molar-refractivity contribution >= 4 is 21.7 Å². The molecular weight excluding hydrogens is 327 g/mol. The number of carbonyl (C=O) groups is 1. The van der Waals surface area contributed by atoms with Crippen molar-refractivity contribution < 1.29 is 31.5 Å². The van der Waals surface area contributed by atoms with Crippen LogP contribution in [0.4, 0.5) is 22.0 Å². The monoisotopic (exact) mass is 332 g/mol. The van der Waals surface area contributed by atoms with Gasteiger partial charge in [-0.2, -0.15) is 22.0 Å². The minimum atomic E-state index is -4.79. The van der Waals surface area contributed by atoms with E-state index in [0.29, 0.717) is 6.07 Å². The molecule has 0 atom stereocenters. The Morgan fingerprint density at radius 2 is 1.89 bits per heavy atom. The zero-order valence-electron chi connectivity index (χ0n) is 8.82. The molecule has 8 heteroatoms. The van der Waals surface area contributed by atoms with Gasteiger partial charge in [-0.25, -0.2) is 0 Å². The Morgan fingerprint density at radius 1 is 1.33 bits per heavy atom. The van der Waals surface area contributed by atoms with E-state index in [1.165, 1.54) is 0 Å². The van der Waals surface area contributed by atoms with E-state index in [4.69, 9.17) is 0 Å². The van der Waals surface area contributed by atoms with Crippen LogP contribution in [0.25, 0.3) is 0 Å². The first kappa shape index (κ1) is 14.9. The molecule has 0 spiro atoms. The molecule has 2 nitrogen and oxygen atoms in total. The van der Waals surface area contributed by atoms with Gasteiger partial charge in [0.2, 0.25) is 0 Å². The largest absolute Gasteiger partial charge is 0.435 e. The van der Waals surface area contributed by atoms with Crippen molar-refractivity contribution in [3.63, 3.8) is 0 Å². The fourth-order valence-electron chi connectivity index (χ4n) is 1.23. The first-order valence-electron chi connectivity index (χ1n) is 4.49. The van der Waals surface area contributed by atoms with Crippen LogP contribution in [0.15, 0.2) is 16.6 Å². The van der Waals surface area contributed by atoms with Gasteiger partial charge in [0.25, 0.3) is 0 Å². The molecule has 0 aliphatic rings. The molecule has 0 aliphatic heterocycles. The summed E-state index contributed by atoms with van der Waals surface area (Å²) >= 11 is 2.63. The molecular formula is C10H6BrF5O2. The summed E-state index contributed by atoms with van der Waals surface area (Å²) in [6.07, 6.45) is -4.79. The highest BCUT2D eigenvalue weighted by molar-refractivity contribution is 9.10. The van der Waals surface area contributed by atoms with E-state index in [9.17, 15) is 26.7 Å². The first-order valence-corrected chi connectivity index (χ1v) is 5.28. The molecule has 0 heterocycles. The number of ether oxygens (including phenoxy) is 1. The van der Waals surface area contributed by atoms with Crippen LogP contribution in [0.2, 0.25) is 0 Å². The van der Waals surface area contributed by atoms with Crippen molar-refractivity contribution in [2.45, 2.75) is 19.7 Å². The van der Waals surface area contributed by atoms with Gasteiger partial charge in [-0.05, 0) is 35.0 Å². The average molecular weight is 333 g/mol. The van der Waals surface area contributed by atoms with Gasteiger partial charge < -0.3 is 4.74 Å². The maximum Gasteiger partial charge on any atom is 0.417 e. The normalized spacial score (nSPS) is 11.8. The smallest absolute Gasteiger partial charge is 0.417 e. The second kappa shape index (κ2) is 5.21. The van der Waals surface area contributed by atoms with Crippen molar-refractivity contribution in [1.82, 2.24) is 0 Å². The van der Waals surface area contributed by atoms with E-state index in [0.717, 1.165) is 13.0 Å². The summed E-state index contributed by atoms with van der Waals surface area (Å²) in [6.45, 7) is -2.25. The molecule has 0 aromatic heterocycles. The van der Waals surface area contributed by atoms with Crippen LogP contribution in [0.5, 0.6) is 5.75 Å². The third-order valence-electron chi connectivity index (χ3n) is 1.96. The Bertz CT molecular complexity index is 470. The lowest BCUT2D eigenvalue weighted by atomic mass is 10.1. The number of carbonyl (C=O) groups excluding carboxylic acids is 1. The van der Waals surface area contributed by atoms with Gasteiger partial charge >= 0.3 is 12.8 Å². The highest BCUT2D eigenvalue weighted by atomic mass is 79.9. The van der Waals surface area contributed by atoms with E-state index >= 15 is 0 Å². The Balaban J connectivity index is 3.42. The third-order valence-corrected chi connectivity index (χ3v) is 2.81. The molecule has 0 bridgehead atoms. The van der Waals surface area contributed by atoms with Gasteiger partial charge in [0, 0.05) is 10.0 Å². The van der Waals surface area contributed by atoms with E-state index in [1.54, 1.807) is 0 Å². The van der Waals surface area contributed by atoms with Crippen molar-refractivity contribution in [1.29, 1.82) is 0 Å². The summed E-state index contributed by atoms with van der Waals surface area (Å²) in [5.74, 6) is -1.42. The summed E-state index contributed by atoms with van der Waals surface area (Å²) in [4.78, 5) is 11.1. The Labute approximate surface area is 107 Å². The second-order valence-electron chi connectivity index (χ2n) is 3.26. The van der Waals surface area contributed by atoms with Gasteiger partial charge in [-0.15, -0.1) is 0 Å². The number of halogens is 6. The van der Waals surface area contributed by atoms with Gasteiger partial charge in [-0.1, -0.05) is 0 Å². The van der Waals surface area contributed by atoms with Crippen LogP contribution in [0, 0.1) is 0 Å².